The average molecular weight is 350 g/mol. The van der Waals surface area contributed by atoms with Gasteiger partial charge in [-0.1, -0.05) is 26.0 Å². The molecule has 8 atom stereocenters. The van der Waals surface area contributed by atoms with Gasteiger partial charge < -0.3 is 14.0 Å². The Bertz CT molecular complexity index is 573. The highest BCUT2D eigenvalue weighted by Crippen LogP contribution is 2.69. The summed E-state index contributed by atoms with van der Waals surface area (Å²) in [4.78, 5) is 14.4. The van der Waals surface area contributed by atoms with Crippen molar-refractivity contribution < 1.29 is 14.0 Å². The summed E-state index contributed by atoms with van der Waals surface area (Å²) in [6.07, 6.45) is 9.28. The Balaban J connectivity index is 1.84. The maximum atomic E-state index is 11.7. The largest absolute Gasteiger partial charge is 0.390 e. The Morgan fingerprint density at radius 3 is 2.79 bits per heavy atom. The number of carbonyl (C=O) groups excluding carboxylic acids is 1. The molecule has 134 valence electrons. The lowest BCUT2D eigenvalue weighted by Gasteiger charge is -2.54. The highest BCUT2D eigenvalue weighted by molar-refractivity contribution is 6.69. The zero-order chi connectivity index (χ0) is 17.3. The van der Waals surface area contributed by atoms with Crippen LogP contribution in [-0.4, -0.2) is 49.5 Å². The first kappa shape index (κ1) is 16.9. The SMILES string of the molecule is CC/C=C/C12C3CC4C(C(C)C=O)C(O[Si](C)(C)C)(O3)C1CCN42. The summed E-state index contributed by atoms with van der Waals surface area (Å²) >= 11 is 0. The van der Waals surface area contributed by atoms with Crippen molar-refractivity contribution in [2.45, 2.75) is 76.2 Å². The fourth-order valence-electron chi connectivity index (χ4n) is 6.25. The maximum Gasteiger partial charge on any atom is 0.187 e. The predicted octanol–water partition coefficient (Wildman–Crippen LogP) is 3.20. The number of carbonyl (C=O) groups is 1. The van der Waals surface area contributed by atoms with Crippen LogP contribution in [0.25, 0.3) is 0 Å². The summed E-state index contributed by atoms with van der Waals surface area (Å²) in [6, 6.07) is 0.417. The summed E-state index contributed by atoms with van der Waals surface area (Å²) in [5, 5.41) is 0. The van der Waals surface area contributed by atoms with E-state index in [0.717, 1.165) is 32.1 Å². The second-order valence-electron chi connectivity index (χ2n) is 9.10. The molecule has 5 aliphatic heterocycles. The van der Waals surface area contributed by atoms with Crippen LogP contribution in [0.15, 0.2) is 12.2 Å². The van der Waals surface area contributed by atoms with Crippen molar-refractivity contribution in [3.8, 4) is 0 Å². The Morgan fingerprint density at radius 1 is 1.42 bits per heavy atom. The van der Waals surface area contributed by atoms with Gasteiger partial charge in [-0.15, -0.1) is 0 Å². The van der Waals surface area contributed by atoms with Crippen molar-refractivity contribution in [3.05, 3.63) is 12.2 Å². The second kappa shape index (κ2) is 5.26. The van der Waals surface area contributed by atoms with Gasteiger partial charge in [-0.25, -0.2) is 0 Å². The molecular formula is C19H31NO3Si. The molecule has 24 heavy (non-hydrogen) atoms. The van der Waals surface area contributed by atoms with E-state index in [1.807, 2.05) is 0 Å². The van der Waals surface area contributed by atoms with Gasteiger partial charge in [0.1, 0.15) is 6.29 Å². The molecular weight excluding hydrogens is 318 g/mol. The van der Waals surface area contributed by atoms with Crippen LogP contribution in [0.5, 0.6) is 0 Å². The van der Waals surface area contributed by atoms with Gasteiger partial charge in [0.25, 0.3) is 0 Å². The molecule has 0 aromatic heterocycles. The normalized spacial score (nSPS) is 50.1. The van der Waals surface area contributed by atoms with Gasteiger partial charge in [-0.05, 0) is 45.4 Å². The van der Waals surface area contributed by atoms with Gasteiger partial charge >= 0.3 is 0 Å². The lowest BCUT2D eigenvalue weighted by Crippen LogP contribution is -2.65. The Labute approximate surface area is 146 Å². The summed E-state index contributed by atoms with van der Waals surface area (Å²) in [5.74, 6) is -0.0582. The van der Waals surface area contributed by atoms with E-state index in [-0.39, 0.29) is 23.5 Å². The van der Waals surface area contributed by atoms with Crippen LogP contribution in [0.1, 0.15) is 33.1 Å². The van der Waals surface area contributed by atoms with Gasteiger partial charge in [0, 0.05) is 23.8 Å². The van der Waals surface area contributed by atoms with E-state index in [0.29, 0.717) is 12.0 Å². The molecule has 0 amide bonds. The van der Waals surface area contributed by atoms with Gasteiger partial charge in [0.05, 0.1) is 11.6 Å². The highest BCUT2D eigenvalue weighted by Gasteiger charge is 2.81. The molecule has 0 N–H and O–H groups in total. The van der Waals surface area contributed by atoms with Crippen molar-refractivity contribution in [1.29, 1.82) is 0 Å². The number of aldehydes is 1. The van der Waals surface area contributed by atoms with E-state index in [9.17, 15) is 4.79 Å². The van der Waals surface area contributed by atoms with Gasteiger partial charge in [-0.3, -0.25) is 4.90 Å². The topological polar surface area (TPSA) is 38.8 Å². The smallest absolute Gasteiger partial charge is 0.187 e. The minimum absolute atomic E-state index is 0.0133. The van der Waals surface area contributed by atoms with Crippen molar-refractivity contribution in [1.82, 2.24) is 4.90 Å². The van der Waals surface area contributed by atoms with Crippen LogP contribution < -0.4 is 0 Å². The van der Waals surface area contributed by atoms with E-state index >= 15 is 0 Å². The molecule has 5 heteroatoms. The molecule has 0 aliphatic carbocycles. The van der Waals surface area contributed by atoms with Crippen LogP contribution in [0.3, 0.4) is 0 Å². The minimum Gasteiger partial charge on any atom is -0.390 e. The molecule has 5 aliphatic rings. The lowest BCUT2D eigenvalue weighted by atomic mass is 9.69. The number of nitrogens with zero attached hydrogens (tertiary/aromatic N) is 1. The quantitative estimate of drug-likeness (QED) is 0.419. The molecule has 0 aromatic carbocycles. The third-order valence-electron chi connectivity index (χ3n) is 6.64. The van der Waals surface area contributed by atoms with Crippen molar-refractivity contribution >= 4 is 14.6 Å². The Kier molecular flexibility index (Phi) is 3.71. The molecule has 0 spiro atoms. The molecule has 4 nitrogen and oxygen atoms in total. The van der Waals surface area contributed by atoms with Gasteiger partial charge in [0.15, 0.2) is 14.1 Å². The van der Waals surface area contributed by atoms with Crippen LogP contribution >= 0.6 is 0 Å². The number of hydrogen-bond acceptors (Lipinski definition) is 4. The number of hydrogen-bond donors (Lipinski definition) is 0. The predicted molar refractivity (Wildman–Crippen MR) is 96.1 cm³/mol. The summed E-state index contributed by atoms with van der Waals surface area (Å²) in [5.41, 5.74) is 0.0133. The summed E-state index contributed by atoms with van der Waals surface area (Å²) < 4.78 is 13.6. The Hall–Kier alpha value is -0.493. The second-order valence-corrected chi connectivity index (χ2v) is 13.5. The van der Waals surface area contributed by atoms with E-state index in [1.54, 1.807) is 0 Å². The van der Waals surface area contributed by atoms with Crippen molar-refractivity contribution in [3.63, 3.8) is 0 Å². The summed E-state index contributed by atoms with van der Waals surface area (Å²) in [7, 11) is -1.81. The van der Waals surface area contributed by atoms with Crippen LogP contribution in [-0.2, 0) is 14.0 Å². The van der Waals surface area contributed by atoms with E-state index in [4.69, 9.17) is 9.16 Å². The van der Waals surface area contributed by atoms with Crippen LogP contribution in [0.2, 0.25) is 19.6 Å². The number of ether oxygens (including phenoxy) is 1. The average Bonchev–Trinajstić information content (AvgIpc) is 3.03. The molecule has 0 radical (unpaired) electrons. The van der Waals surface area contributed by atoms with E-state index in [1.165, 1.54) is 0 Å². The van der Waals surface area contributed by atoms with E-state index in [2.05, 4.69) is 50.5 Å². The molecule has 0 aromatic rings. The minimum atomic E-state index is -1.81. The first-order valence-corrected chi connectivity index (χ1v) is 13.0. The Morgan fingerprint density at radius 2 is 2.17 bits per heavy atom. The van der Waals surface area contributed by atoms with Gasteiger partial charge in [0.2, 0.25) is 0 Å². The molecule has 0 saturated carbocycles. The molecule has 8 unspecified atom stereocenters. The molecule has 5 saturated heterocycles. The zero-order valence-corrected chi connectivity index (χ0v) is 16.6. The number of allylic oxidation sites excluding steroid dienone is 1. The van der Waals surface area contributed by atoms with Crippen molar-refractivity contribution in [2.75, 3.05) is 6.54 Å². The standard InChI is InChI=1S/C19H31NO3Si/c1-6-7-9-18-15-8-10-20(18)14-11-16(18)22-19(15,23-24(3,4)5)17(14)13(2)12-21/h7,9,12-17H,6,8,10-11H2,1-5H3/b9-7+. The maximum absolute atomic E-state index is 11.7. The first-order valence-electron chi connectivity index (χ1n) is 9.58. The third kappa shape index (κ3) is 1.93. The molecule has 5 heterocycles. The zero-order valence-electron chi connectivity index (χ0n) is 15.6. The van der Waals surface area contributed by atoms with E-state index < -0.39 is 14.1 Å². The van der Waals surface area contributed by atoms with Gasteiger partial charge in [-0.2, -0.15) is 0 Å². The van der Waals surface area contributed by atoms with Crippen LogP contribution in [0.4, 0.5) is 0 Å². The fraction of sp³-hybridized carbons (Fsp3) is 0.842. The third-order valence-corrected chi connectivity index (χ3v) is 7.58. The summed E-state index contributed by atoms with van der Waals surface area (Å²) in [6.45, 7) is 12.1. The molecule has 5 rings (SSSR count). The van der Waals surface area contributed by atoms with Crippen molar-refractivity contribution in [2.24, 2.45) is 17.8 Å². The lowest BCUT2D eigenvalue weighted by molar-refractivity contribution is -0.268. The molecule has 5 fully saturated rings. The number of piperidine rings is 1. The van der Waals surface area contributed by atoms with Crippen LogP contribution in [0, 0.1) is 17.8 Å². The fourth-order valence-corrected chi connectivity index (χ4v) is 7.53. The number of rotatable bonds is 6. The monoisotopic (exact) mass is 349 g/mol. The molecule has 6 bridgehead atoms. The highest BCUT2D eigenvalue weighted by atomic mass is 28.4. The first-order chi connectivity index (χ1) is 11.3.